The van der Waals surface area contributed by atoms with Crippen molar-refractivity contribution in [2.75, 3.05) is 18.2 Å². The summed E-state index contributed by atoms with van der Waals surface area (Å²) in [5, 5.41) is 15.5. The molecule has 1 atom stereocenters. The highest BCUT2D eigenvalue weighted by atomic mass is 35.5. The molecule has 4 aromatic rings. The van der Waals surface area contributed by atoms with Gasteiger partial charge in [0.1, 0.15) is 16.3 Å². The summed E-state index contributed by atoms with van der Waals surface area (Å²) in [6.07, 6.45) is -0.375. The number of hydrogen-bond donors (Lipinski definition) is 1. The standard InChI is InChI=1S/C27H26Cl2N4O4S2/c1-5-33-24(16(3)37-21-11-10-19(29)12-15(21)2)31-32-27(33)39-14-22(34)30-25-23(26(35)36-4)20(13-38-25)17-6-8-18(28)9-7-17/h6-13,16H,5,14H2,1-4H3,(H,30,34). The second-order valence-electron chi connectivity index (χ2n) is 8.44. The van der Waals surface area contributed by atoms with Crippen LogP contribution >= 0.6 is 46.3 Å². The van der Waals surface area contributed by atoms with Crippen LogP contribution in [0.5, 0.6) is 5.75 Å². The van der Waals surface area contributed by atoms with Crippen LogP contribution in [0, 0.1) is 6.92 Å². The molecule has 2 aromatic carbocycles. The Bertz CT molecular complexity index is 1490. The van der Waals surface area contributed by atoms with E-state index >= 15 is 0 Å². The fourth-order valence-electron chi connectivity index (χ4n) is 3.88. The van der Waals surface area contributed by atoms with Gasteiger partial charge in [-0.2, -0.15) is 0 Å². The molecule has 4 rings (SSSR count). The second kappa shape index (κ2) is 12.9. The van der Waals surface area contributed by atoms with Gasteiger partial charge in [0.25, 0.3) is 0 Å². The smallest absolute Gasteiger partial charge is 0.341 e. The van der Waals surface area contributed by atoms with Gasteiger partial charge in [-0.1, -0.05) is 47.1 Å². The molecule has 8 nitrogen and oxygen atoms in total. The number of carbonyl (C=O) groups is 2. The maximum Gasteiger partial charge on any atom is 0.341 e. The molecule has 1 unspecified atom stereocenters. The molecular formula is C27H26Cl2N4O4S2. The lowest BCUT2D eigenvalue weighted by Crippen LogP contribution is -2.17. The Morgan fingerprint density at radius 2 is 1.85 bits per heavy atom. The van der Waals surface area contributed by atoms with E-state index in [1.807, 2.05) is 55.0 Å². The number of aromatic nitrogens is 3. The Kier molecular flexibility index (Phi) is 9.55. The van der Waals surface area contributed by atoms with E-state index < -0.39 is 5.97 Å². The highest BCUT2D eigenvalue weighted by molar-refractivity contribution is 7.99. The number of thioether (sulfide) groups is 1. The Morgan fingerprint density at radius 3 is 2.51 bits per heavy atom. The maximum atomic E-state index is 12.9. The van der Waals surface area contributed by atoms with Crippen LogP contribution in [0.2, 0.25) is 10.0 Å². The largest absolute Gasteiger partial charge is 0.482 e. The monoisotopic (exact) mass is 604 g/mol. The van der Waals surface area contributed by atoms with Crippen LogP contribution in [0.25, 0.3) is 11.1 Å². The molecule has 0 saturated carbocycles. The molecule has 0 bridgehead atoms. The van der Waals surface area contributed by atoms with Crippen LogP contribution in [-0.2, 0) is 16.1 Å². The molecule has 0 aliphatic rings. The third kappa shape index (κ3) is 6.75. The highest BCUT2D eigenvalue weighted by Crippen LogP contribution is 2.37. The Balaban J connectivity index is 1.46. The molecule has 0 saturated heterocycles. The predicted octanol–water partition coefficient (Wildman–Crippen LogP) is 7.30. The van der Waals surface area contributed by atoms with Gasteiger partial charge in [-0.3, -0.25) is 4.79 Å². The van der Waals surface area contributed by atoms with E-state index in [0.717, 1.165) is 11.1 Å². The normalized spacial score (nSPS) is 11.7. The Labute approximate surface area is 244 Å². The molecule has 12 heteroatoms. The van der Waals surface area contributed by atoms with Crippen LogP contribution in [0.4, 0.5) is 5.00 Å². The fraction of sp³-hybridized carbons (Fsp3) is 0.259. The number of amides is 1. The lowest BCUT2D eigenvalue weighted by Gasteiger charge is -2.17. The van der Waals surface area contributed by atoms with Gasteiger partial charge in [-0.15, -0.1) is 21.5 Å². The molecule has 39 heavy (non-hydrogen) atoms. The first kappa shape index (κ1) is 28.9. The molecule has 1 amide bonds. The zero-order chi connectivity index (χ0) is 28.1. The fourth-order valence-corrected chi connectivity index (χ4v) is 6.02. The number of benzene rings is 2. The average Bonchev–Trinajstić information content (AvgIpc) is 3.53. The van der Waals surface area contributed by atoms with Gasteiger partial charge in [0.2, 0.25) is 5.91 Å². The van der Waals surface area contributed by atoms with Gasteiger partial charge >= 0.3 is 5.97 Å². The first-order valence-electron chi connectivity index (χ1n) is 12.0. The lowest BCUT2D eigenvalue weighted by molar-refractivity contribution is -0.113. The minimum Gasteiger partial charge on any atom is -0.482 e. The van der Waals surface area contributed by atoms with Crippen molar-refractivity contribution < 1.29 is 19.1 Å². The number of methoxy groups -OCH3 is 1. The predicted molar refractivity (Wildman–Crippen MR) is 156 cm³/mol. The summed E-state index contributed by atoms with van der Waals surface area (Å²) in [6.45, 7) is 6.40. The van der Waals surface area contributed by atoms with Crippen molar-refractivity contribution >= 4 is 63.2 Å². The van der Waals surface area contributed by atoms with E-state index in [1.165, 1.54) is 30.2 Å². The SMILES string of the molecule is CCn1c(SCC(=O)Nc2scc(-c3ccc(Cl)cc3)c2C(=O)OC)nnc1C(C)Oc1ccc(Cl)cc1C. The molecule has 2 aromatic heterocycles. The molecule has 2 heterocycles. The molecule has 204 valence electrons. The van der Waals surface area contributed by atoms with Crippen LogP contribution in [0.1, 0.15) is 41.7 Å². The average molecular weight is 606 g/mol. The Morgan fingerprint density at radius 1 is 1.13 bits per heavy atom. The lowest BCUT2D eigenvalue weighted by atomic mass is 10.0. The van der Waals surface area contributed by atoms with Gasteiger partial charge in [-0.25, -0.2) is 4.79 Å². The van der Waals surface area contributed by atoms with Crippen molar-refractivity contribution in [3.05, 3.63) is 74.8 Å². The number of nitrogens with one attached hydrogen (secondary N) is 1. The second-order valence-corrected chi connectivity index (χ2v) is 11.1. The molecule has 0 spiro atoms. The number of nitrogens with zero attached hydrogens (tertiary/aromatic N) is 3. The van der Waals surface area contributed by atoms with Crippen LogP contribution in [0.3, 0.4) is 0 Å². The molecule has 0 radical (unpaired) electrons. The number of hydrogen-bond acceptors (Lipinski definition) is 8. The third-order valence-corrected chi connectivity index (χ3v) is 8.14. The van der Waals surface area contributed by atoms with Gasteiger partial charge < -0.3 is 19.4 Å². The number of aryl methyl sites for hydroxylation is 1. The number of ether oxygens (including phenoxy) is 2. The Hall–Kier alpha value is -3.05. The number of anilines is 1. The van der Waals surface area contributed by atoms with Crippen LogP contribution in [0.15, 0.2) is 53.0 Å². The summed E-state index contributed by atoms with van der Waals surface area (Å²) in [4.78, 5) is 25.5. The minimum atomic E-state index is -0.538. The van der Waals surface area contributed by atoms with E-state index in [4.69, 9.17) is 32.7 Å². The highest BCUT2D eigenvalue weighted by Gasteiger charge is 2.24. The van der Waals surface area contributed by atoms with Gasteiger partial charge in [0.05, 0.1) is 12.9 Å². The summed E-state index contributed by atoms with van der Waals surface area (Å²) in [7, 11) is 1.31. The third-order valence-electron chi connectivity index (χ3n) is 5.79. The number of carbonyl (C=O) groups excluding carboxylic acids is 2. The zero-order valence-corrected chi connectivity index (χ0v) is 24.8. The zero-order valence-electron chi connectivity index (χ0n) is 21.7. The van der Waals surface area contributed by atoms with E-state index in [0.29, 0.717) is 49.4 Å². The number of rotatable bonds is 10. The summed E-state index contributed by atoms with van der Waals surface area (Å²) < 4.78 is 13.0. The maximum absolute atomic E-state index is 12.9. The summed E-state index contributed by atoms with van der Waals surface area (Å²) >= 11 is 14.6. The summed E-state index contributed by atoms with van der Waals surface area (Å²) in [6, 6.07) is 12.5. The molecule has 0 aliphatic heterocycles. The van der Waals surface area contributed by atoms with E-state index in [9.17, 15) is 9.59 Å². The first-order chi connectivity index (χ1) is 18.7. The van der Waals surface area contributed by atoms with E-state index in [2.05, 4.69) is 15.5 Å². The van der Waals surface area contributed by atoms with Crippen molar-refractivity contribution in [2.24, 2.45) is 0 Å². The topological polar surface area (TPSA) is 95.3 Å². The van der Waals surface area contributed by atoms with E-state index in [1.54, 1.807) is 18.2 Å². The van der Waals surface area contributed by atoms with Crippen molar-refractivity contribution in [1.82, 2.24) is 14.8 Å². The quantitative estimate of drug-likeness (QED) is 0.150. The number of halogens is 2. The first-order valence-corrected chi connectivity index (χ1v) is 14.6. The number of thiophene rings is 1. The molecule has 1 N–H and O–H groups in total. The van der Waals surface area contributed by atoms with E-state index in [-0.39, 0.29) is 17.8 Å². The summed E-state index contributed by atoms with van der Waals surface area (Å²) in [5.74, 6) is 0.598. The summed E-state index contributed by atoms with van der Waals surface area (Å²) in [5.41, 5.74) is 2.67. The van der Waals surface area contributed by atoms with Crippen LogP contribution in [-0.4, -0.2) is 39.5 Å². The van der Waals surface area contributed by atoms with Crippen molar-refractivity contribution in [2.45, 2.75) is 38.6 Å². The molecule has 0 fully saturated rings. The molecule has 0 aliphatic carbocycles. The van der Waals surface area contributed by atoms with Gasteiger partial charge in [-0.05, 0) is 62.2 Å². The van der Waals surface area contributed by atoms with Crippen molar-refractivity contribution in [3.8, 4) is 16.9 Å². The van der Waals surface area contributed by atoms with Gasteiger partial charge in [0, 0.05) is 27.5 Å². The van der Waals surface area contributed by atoms with Crippen molar-refractivity contribution in [3.63, 3.8) is 0 Å². The molecular weight excluding hydrogens is 579 g/mol. The van der Waals surface area contributed by atoms with Gasteiger partial charge in [0.15, 0.2) is 17.1 Å². The van der Waals surface area contributed by atoms with Crippen LogP contribution < -0.4 is 10.1 Å². The van der Waals surface area contributed by atoms with Crippen molar-refractivity contribution in [1.29, 1.82) is 0 Å². The minimum absolute atomic E-state index is 0.0679. The number of esters is 1.